The Kier molecular flexibility index (Phi) is 5.67. The number of hydrogen-bond acceptors (Lipinski definition) is 3. The molecule has 8 heteroatoms. The Hall–Kier alpha value is -2.90. The van der Waals surface area contributed by atoms with Gasteiger partial charge in [0.2, 0.25) is 0 Å². The molecule has 1 aliphatic rings. The Labute approximate surface area is 160 Å². The van der Waals surface area contributed by atoms with Gasteiger partial charge in [0.25, 0.3) is 11.8 Å². The van der Waals surface area contributed by atoms with Crippen LogP contribution in [0.3, 0.4) is 0 Å². The molecule has 2 aromatic rings. The zero-order valence-corrected chi connectivity index (χ0v) is 15.3. The molecular formula is C20H20F3N3O2. The van der Waals surface area contributed by atoms with Crippen LogP contribution in [0.2, 0.25) is 0 Å². The maximum atomic E-state index is 13.1. The summed E-state index contributed by atoms with van der Waals surface area (Å²) < 4.78 is 39.3. The standard InChI is InChI=1S/C20H20F3N3O2/c1-13-6-5-11-26(12-13)19(28)17-10-4-9-16(24-17)18(27)25-15-8-3-2-7-14(15)20(21,22)23/h2-4,7-10,13H,5-6,11-12H2,1H3,(H,25,27). The van der Waals surface area contributed by atoms with E-state index in [1.807, 2.05) is 0 Å². The van der Waals surface area contributed by atoms with E-state index in [1.165, 1.54) is 36.4 Å². The molecule has 0 aliphatic carbocycles. The minimum absolute atomic E-state index is 0.103. The van der Waals surface area contributed by atoms with E-state index >= 15 is 0 Å². The first kappa shape index (κ1) is 19.9. The van der Waals surface area contributed by atoms with Gasteiger partial charge in [-0.15, -0.1) is 0 Å². The lowest BCUT2D eigenvalue weighted by molar-refractivity contribution is -0.136. The molecule has 5 nitrogen and oxygen atoms in total. The number of carbonyl (C=O) groups is 2. The van der Waals surface area contributed by atoms with Crippen LogP contribution >= 0.6 is 0 Å². The molecule has 0 saturated carbocycles. The van der Waals surface area contributed by atoms with Crippen LogP contribution in [0.4, 0.5) is 18.9 Å². The fraction of sp³-hybridized carbons (Fsp3) is 0.350. The van der Waals surface area contributed by atoms with Crippen LogP contribution in [-0.4, -0.2) is 34.8 Å². The molecule has 0 radical (unpaired) electrons. The minimum Gasteiger partial charge on any atom is -0.337 e. The molecule has 148 valence electrons. The number of anilines is 1. The van der Waals surface area contributed by atoms with Gasteiger partial charge in [-0.1, -0.05) is 25.1 Å². The topological polar surface area (TPSA) is 62.3 Å². The first-order valence-electron chi connectivity index (χ1n) is 8.99. The number of likely N-dealkylation sites (tertiary alicyclic amines) is 1. The van der Waals surface area contributed by atoms with Crippen LogP contribution in [0.15, 0.2) is 42.5 Å². The van der Waals surface area contributed by atoms with Crippen molar-refractivity contribution in [1.82, 2.24) is 9.88 Å². The maximum absolute atomic E-state index is 13.1. The van der Waals surface area contributed by atoms with Crippen LogP contribution in [0.25, 0.3) is 0 Å². The third kappa shape index (κ3) is 4.49. The summed E-state index contributed by atoms with van der Waals surface area (Å²) in [7, 11) is 0. The van der Waals surface area contributed by atoms with Crippen molar-refractivity contribution in [2.75, 3.05) is 18.4 Å². The summed E-state index contributed by atoms with van der Waals surface area (Å²) in [5.41, 5.74) is -1.32. The lowest BCUT2D eigenvalue weighted by Gasteiger charge is -2.30. The summed E-state index contributed by atoms with van der Waals surface area (Å²) >= 11 is 0. The van der Waals surface area contributed by atoms with Crippen molar-refractivity contribution in [3.05, 3.63) is 59.4 Å². The molecule has 1 saturated heterocycles. The number of benzene rings is 1. The van der Waals surface area contributed by atoms with Gasteiger partial charge in [-0.05, 0) is 43.0 Å². The number of nitrogens with one attached hydrogen (secondary N) is 1. The SMILES string of the molecule is CC1CCCN(C(=O)c2cccc(C(=O)Nc3ccccc3C(F)(F)F)n2)C1. The summed E-state index contributed by atoms with van der Waals surface area (Å²) in [6, 6.07) is 9.07. The molecule has 1 N–H and O–H groups in total. The van der Waals surface area contributed by atoms with E-state index < -0.39 is 17.6 Å². The number of amides is 2. The number of hydrogen-bond donors (Lipinski definition) is 1. The Morgan fingerprint density at radius 3 is 2.54 bits per heavy atom. The van der Waals surface area contributed by atoms with Crippen LogP contribution in [-0.2, 0) is 6.18 Å². The molecule has 1 aromatic carbocycles. The number of carbonyl (C=O) groups excluding carboxylic acids is 2. The molecule has 28 heavy (non-hydrogen) atoms. The van der Waals surface area contributed by atoms with Gasteiger partial charge in [0.05, 0.1) is 11.3 Å². The molecule has 1 atom stereocenters. The third-order valence-corrected chi connectivity index (χ3v) is 4.63. The van der Waals surface area contributed by atoms with Crippen molar-refractivity contribution in [2.45, 2.75) is 25.9 Å². The van der Waals surface area contributed by atoms with Crippen molar-refractivity contribution in [2.24, 2.45) is 5.92 Å². The zero-order chi connectivity index (χ0) is 20.3. The number of aromatic nitrogens is 1. The highest BCUT2D eigenvalue weighted by molar-refractivity contribution is 6.04. The molecular weight excluding hydrogens is 371 g/mol. The highest BCUT2D eigenvalue weighted by Crippen LogP contribution is 2.34. The lowest BCUT2D eigenvalue weighted by atomic mass is 10.00. The predicted molar refractivity (Wildman–Crippen MR) is 97.9 cm³/mol. The predicted octanol–water partition coefficient (Wildman–Crippen LogP) is 4.22. The van der Waals surface area contributed by atoms with Gasteiger partial charge in [0.1, 0.15) is 11.4 Å². The summed E-state index contributed by atoms with van der Waals surface area (Å²) in [5, 5.41) is 2.24. The van der Waals surface area contributed by atoms with Gasteiger partial charge in [-0.2, -0.15) is 13.2 Å². The van der Waals surface area contributed by atoms with Crippen molar-refractivity contribution in [3.63, 3.8) is 0 Å². The van der Waals surface area contributed by atoms with Gasteiger partial charge >= 0.3 is 6.18 Å². The molecule has 0 bridgehead atoms. The number of alkyl halides is 3. The highest BCUT2D eigenvalue weighted by atomic mass is 19.4. The van der Waals surface area contributed by atoms with Crippen LogP contribution in [0.5, 0.6) is 0 Å². The summed E-state index contributed by atoms with van der Waals surface area (Å²) in [6.45, 7) is 3.31. The average Bonchev–Trinajstić information content (AvgIpc) is 2.67. The monoisotopic (exact) mass is 391 g/mol. The van der Waals surface area contributed by atoms with Gasteiger partial charge in [-0.25, -0.2) is 4.98 Å². The number of rotatable bonds is 3. The third-order valence-electron chi connectivity index (χ3n) is 4.63. The van der Waals surface area contributed by atoms with Crippen molar-refractivity contribution < 1.29 is 22.8 Å². The number of halogens is 3. The van der Waals surface area contributed by atoms with Crippen LogP contribution in [0, 0.1) is 5.92 Å². The largest absolute Gasteiger partial charge is 0.418 e. The summed E-state index contributed by atoms with van der Waals surface area (Å²) in [4.78, 5) is 30.8. The lowest BCUT2D eigenvalue weighted by Crippen LogP contribution is -2.39. The zero-order valence-electron chi connectivity index (χ0n) is 15.3. The number of piperidine rings is 1. The fourth-order valence-corrected chi connectivity index (χ4v) is 3.24. The quantitative estimate of drug-likeness (QED) is 0.852. The first-order chi connectivity index (χ1) is 13.3. The second kappa shape index (κ2) is 8.00. The molecule has 1 fully saturated rings. The molecule has 2 amide bonds. The van der Waals surface area contributed by atoms with E-state index in [1.54, 1.807) is 4.90 Å². The molecule has 2 heterocycles. The van der Waals surface area contributed by atoms with E-state index in [0.717, 1.165) is 18.9 Å². The van der Waals surface area contributed by atoms with Crippen LogP contribution in [0.1, 0.15) is 46.3 Å². The minimum atomic E-state index is -4.60. The average molecular weight is 391 g/mol. The van der Waals surface area contributed by atoms with E-state index in [-0.39, 0.29) is 23.0 Å². The first-order valence-corrected chi connectivity index (χ1v) is 8.99. The number of nitrogens with zero attached hydrogens (tertiary/aromatic N) is 2. The van der Waals surface area contributed by atoms with Gasteiger partial charge in [-0.3, -0.25) is 9.59 Å². The van der Waals surface area contributed by atoms with E-state index in [9.17, 15) is 22.8 Å². The second-order valence-electron chi connectivity index (χ2n) is 6.90. The normalized spacial score (nSPS) is 17.3. The van der Waals surface area contributed by atoms with Gasteiger partial charge < -0.3 is 10.2 Å². The van der Waals surface area contributed by atoms with Crippen molar-refractivity contribution in [3.8, 4) is 0 Å². The Morgan fingerprint density at radius 2 is 1.82 bits per heavy atom. The van der Waals surface area contributed by atoms with Gasteiger partial charge in [0, 0.05) is 13.1 Å². The Bertz CT molecular complexity index is 883. The summed E-state index contributed by atoms with van der Waals surface area (Å²) in [6.07, 6.45) is -2.64. The van der Waals surface area contributed by atoms with Crippen molar-refractivity contribution >= 4 is 17.5 Å². The van der Waals surface area contributed by atoms with E-state index in [4.69, 9.17) is 0 Å². The Morgan fingerprint density at radius 1 is 1.11 bits per heavy atom. The molecule has 1 aliphatic heterocycles. The van der Waals surface area contributed by atoms with Gasteiger partial charge in [0.15, 0.2) is 0 Å². The maximum Gasteiger partial charge on any atom is 0.418 e. The number of para-hydroxylation sites is 1. The van der Waals surface area contributed by atoms with Crippen LogP contribution < -0.4 is 5.32 Å². The van der Waals surface area contributed by atoms with E-state index in [2.05, 4.69) is 17.2 Å². The molecule has 3 rings (SSSR count). The van der Waals surface area contributed by atoms with E-state index in [0.29, 0.717) is 19.0 Å². The molecule has 0 spiro atoms. The second-order valence-corrected chi connectivity index (χ2v) is 6.90. The summed E-state index contributed by atoms with van der Waals surface area (Å²) in [5.74, 6) is -0.696. The number of pyridine rings is 1. The smallest absolute Gasteiger partial charge is 0.337 e. The molecule has 1 aromatic heterocycles. The Balaban J connectivity index is 1.79. The molecule has 1 unspecified atom stereocenters. The fourth-order valence-electron chi connectivity index (χ4n) is 3.24. The highest BCUT2D eigenvalue weighted by Gasteiger charge is 2.33. The van der Waals surface area contributed by atoms with Crippen molar-refractivity contribution in [1.29, 1.82) is 0 Å².